The molecule has 1 saturated heterocycles. The second-order valence-corrected chi connectivity index (χ2v) is 5.90. The Balaban J connectivity index is 1.77. The fraction of sp³-hybridized carbons (Fsp3) is 0.412. The summed E-state index contributed by atoms with van der Waals surface area (Å²) in [5.41, 5.74) is 7.29. The zero-order valence-electron chi connectivity index (χ0n) is 13.3. The lowest BCUT2D eigenvalue weighted by atomic mass is 10.00. The van der Waals surface area contributed by atoms with Crippen molar-refractivity contribution in [2.24, 2.45) is 5.73 Å². The maximum atomic E-state index is 12.6. The molecule has 0 radical (unpaired) electrons. The van der Waals surface area contributed by atoms with E-state index in [0.717, 1.165) is 5.39 Å². The number of amides is 1. The third-order valence-corrected chi connectivity index (χ3v) is 4.47. The first kappa shape index (κ1) is 16.5. The molecule has 3 atom stereocenters. The molecule has 7 nitrogen and oxygen atoms in total. The highest BCUT2D eigenvalue weighted by atomic mass is 16.5. The van der Waals surface area contributed by atoms with Crippen LogP contribution in [-0.4, -0.2) is 47.7 Å². The predicted octanol–water partition coefficient (Wildman–Crippen LogP) is 0.958. The van der Waals surface area contributed by atoms with Crippen molar-refractivity contribution in [1.29, 1.82) is 0 Å². The highest BCUT2D eigenvalue weighted by Gasteiger charge is 2.39. The van der Waals surface area contributed by atoms with Gasteiger partial charge >= 0.3 is 5.97 Å². The van der Waals surface area contributed by atoms with Gasteiger partial charge in [0.05, 0.1) is 19.4 Å². The third kappa shape index (κ3) is 2.88. The lowest BCUT2D eigenvalue weighted by molar-refractivity contribution is -0.154. The maximum Gasteiger partial charge on any atom is 0.328 e. The number of fused-ring (bicyclic) bond motifs is 1. The van der Waals surface area contributed by atoms with Crippen molar-refractivity contribution in [2.45, 2.75) is 31.0 Å². The van der Waals surface area contributed by atoms with Gasteiger partial charge in [-0.25, -0.2) is 4.79 Å². The van der Waals surface area contributed by atoms with Crippen LogP contribution in [-0.2, 0) is 14.3 Å². The van der Waals surface area contributed by atoms with Crippen LogP contribution in [0.25, 0.3) is 11.0 Å². The van der Waals surface area contributed by atoms with Crippen molar-refractivity contribution in [2.75, 3.05) is 13.7 Å². The summed E-state index contributed by atoms with van der Waals surface area (Å²) in [5, 5.41) is 11.3. The zero-order valence-corrected chi connectivity index (χ0v) is 13.3. The number of methoxy groups -OCH3 is 1. The fourth-order valence-corrected chi connectivity index (χ4v) is 3.10. The van der Waals surface area contributed by atoms with E-state index in [1.165, 1.54) is 12.0 Å². The lowest BCUT2D eigenvalue weighted by Crippen LogP contribution is -2.48. The minimum atomic E-state index is -1.44. The molecule has 1 aliphatic rings. The Bertz CT molecular complexity index is 756. The lowest BCUT2D eigenvalue weighted by Gasteiger charge is -2.27. The zero-order chi connectivity index (χ0) is 17.3. The van der Waals surface area contributed by atoms with Crippen LogP contribution in [0.3, 0.4) is 0 Å². The van der Waals surface area contributed by atoms with Gasteiger partial charge in [-0.3, -0.25) is 4.79 Å². The van der Waals surface area contributed by atoms with E-state index < -0.39 is 30.1 Å². The van der Waals surface area contributed by atoms with Crippen molar-refractivity contribution < 1.29 is 23.8 Å². The van der Waals surface area contributed by atoms with Crippen molar-refractivity contribution in [3.05, 3.63) is 36.1 Å². The Hall–Kier alpha value is -2.38. The summed E-state index contributed by atoms with van der Waals surface area (Å²) >= 11 is 0. The molecule has 3 N–H and O–H groups in total. The van der Waals surface area contributed by atoms with Gasteiger partial charge in [0, 0.05) is 11.9 Å². The van der Waals surface area contributed by atoms with Gasteiger partial charge in [0.2, 0.25) is 0 Å². The average Bonchev–Trinajstić information content (AvgIpc) is 3.27. The smallest absolute Gasteiger partial charge is 0.328 e. The molecule has 2 aromatic rings. The number of ether oxygens (including phenoxy) is 1. The largest absolute Gasteiger partial charge is 0.467 e. The number of aliphatic hydroxyl groups excluding tert-OH is 1. The number of rotatable bonds is 4. The molecule has 7 heteroatoms. The molecule has 0 spiro atoms. The molecule has 3 rings (SSSR count). The normalized spacial score (nSPS) is 20.1. The highest BCUT2D eigenvalue weighted by molar-refractivity contribution is 5.88. The van der Waals surface area contributed by atoms with E-state index in [1.54, 1.807) is 18.4 Å². The second-order valence-electron chi connectivity index (χ2n) is 5.90. The van der Waals surface area contributed by atoms with E-state index in [4.69, 9.17) is 14.9 Å². The molecular formula is C17H20N2O5. The highest BCUT2D eigenvalue weighted by Crippen LogP contribution is 2.25. The first-order chi connectivity index (χ1) is 11.5. The number of hydrogen-bond donors (Lipinski definition) is 2. The van der Waals surface area contributed by atoms with E-state index >= 15 is 0 Å². The maximum absolute atomic E-state index is 12.6. The summed E-state index contributed by atoms with van der Waals surface area (Å²) in [6, 6.07) is 5.53. The van der Waals surface area contributed by atoms with Gasteiger partial charge in [-0.15, -0.1) is 0 Å². The van der Waals surface area contributed by atoms with Crippen molar-refractivity contribution in [3.8, 4) is 0 Å². The van der Waals surface area contributed by atoms with Crippen molar-refractivity contribution >= 4 is 22.8 Å². The Morgan fingerprint density at radius 2 is 2.21 bits per heavy atom. The summed E-state index contributed by atoms with van der Waals surface area (Å²) < 4.78 is 10.0. The molecule has 2 heterocycles. The minimum absolute atomic E-state index is 0.402. The number of benzene rings is 1. The first-order valence-corrected chi connectivity index (χ1v) is 7.82. The summed E-state index contributed by atoms with van der Waals surface area (Å²) in [4.78, 5) is 25.7. The van der Waals surface area contributed by atoms with Crippen LogP contribution in [0.15, 0.2) is 34.9 Å². The molecule has 0 aliphatic carbocycles. The van der Waals surface area contributed by atoms with Crippen molar-refractivity contribution in [3.63, 3.8) is 0 Å². The van der Waals surface area contributed by atoms with Crippen LogP contribution in [0, 0.1) is 0 Å². The summed E-state index contributed by atoms with van der Waals surface area (Å²) in [6.07, 6.45) is 1.33. The van der Waals surface area contributed by atoms with Crippen LogP contribution >= 0.6 is 0 Å². The Labute approximate surface area is 139 Å². The molecule has 0 saturated carbocycles. The van der Waals surface area contributed by atoms with Gasteiger partial charge in [-0.05, 0) is 30.5 Å². The van der Waals surface area contributed by atoms with E-state index in [2.05, 4.69) is 0 Å². The van der Waals surface area contributed by atoms with Gasteiger partial charge in [0.1, 0.15) is 11.6 Å². The Morgan fingerprint density at radius 1 is 1.42 bits per heavy atom. The summed E-state index contributed by atoms with van der Waals surface area (Å²) in [7, 11) is 1.28. The Morgan fingerprint density at radius 3 is 2.96 bits per heavy atom. The molecule has 0 unspecified atom stereocenters. The number of carbonyl (C=O) groups is 2. The van der Waals surface area contributed by atoms with E-state index in [0.29, 0.717) is 30.5 Å². The monoisotopic (exact) mass is 332 g/mol. The average molecular weight is 332 g/mol. The number of hydrogen-bond acceptors (Lipinski definition) is 6. The van der Waals surface area contributed by atoms with Crippen molar-refractivity contribution in [1.82, 2.24) is 4.90 Å². The number of likely N-dealkylation sites (tertiary alicyclic amines) is 1. The first-order valence-electron chi connectivity index (χ1n) is 7.82. The molecule has 1 aliphatic heterocycles. The SMILES string of the molecule is COC(=O)[C@@H]1CCCN1C(=O)[C@@H](O)[C@H](N)c1ccc2ccoc2c1. The third-order valence-electron chi connectivity index (χ3n) is 4.47. The molecule has 128 valence electrons. The Kier molecular flexibility index (Phi) is 4.55. The van der Waals surface area contributed by atoms with Crippen LogP contribution in [0.4, 0.5) is 0 Å². The van der Waals surface area contributed by atoms with Crippen LogP contribution in [0.2, 0.25) is 0 Å². The molecule has 1 fully saturated rings. The van der Waals surface area contributed by atoms with Crippen LogP contribution in [0.5, 0.6) is 0 Å². The van der Waals surface area contributed by atoms with Gasteiger partial charge in [0.25, 0.3) is 5.91 Å². The van der Waals surface area contributed by atoms with Gasteiger partial charge in [-0.2, -0.15) is 0 Å². The van der Waals surface area contributed by atoms with Gasteiger partial charge in [-0.1, -0.05) is 12.1 Å². The minimum Gasteiger partial charge on any atom is -0.467 e. The van der Waals surface area contributed by atoms with Gasteiger partial charge < -0.3 is 24.9 Å². The number of esters is 1. The van der Waals surface area contributed by atoms with Gasteiger partial charge in [0.15, 0.2) is 6.10 Å². The van der Waals surface area contributed by atoms with Crippen LogP contribution in [0.1, 0.15) is 24.4 Å². The number of nitrogens with two attached hydrogens (primary N) is 1. The fourth-order valence-electron chi connectivity index (χ4n) is 3.10. The second kappa shape index (κ2) is 6.62. The topological polar surface area (TPSA) is 106 Å². The molecule has 1 aromatic heterocycles. The van der Waals surface area contributed by atoms with E-state index in [9.17, 15) is 14.7 Å². The quantitative estimate of drug-likeness (QED) is 0.808. The number of nitrogens with zero attached hydrogens (tertiary/aromatic N) is 1. The van der Waals surface area contributed by atoms with Crippen LogP contribution < -0.4 is 5.73 Å². The summed E-state index contributed by atoms with van der Waals surface area (Å²) in [5.74, 6) is -1.03. The number of aliphatic hydroxyl groups is 1. The molecule has 24 heavy (non-hydrogen) atoms. The summed E-state index contributed by atoms with van der Waals surface area (Å²) in [6.45, 7) is 0.402. The number of furan rings is 1. The molecule has 0 bridgehead atoms. The standard InChI is InChI=1S/C17H20N2O5/c1-23-17(22)12-3-2-7-19(12)16(21)15(20)14(18)11-5-4-10-6-8-24-13(10)9-11/h4-6,8-9,12,14-15,20H,2-3,7,18H2,1H3/t12-,14+,15-/m0/s1. The predicted molar refractivity (Wildman–Crippen MR) is 85.9 cm³/mol. The number of carbonyl (C=O) groups excluding carboxylic acids is 2. The van der Waals surface area contributed by atoms with E-state index in [-0.39, 0.29) is 0 Å². The van der Waals surface area contributed by atoms with E-state index in [1.807, 2.05) is 12.1 Å². The molecule has 1 aromatic carbocycles. The molecular weight excluding hydrogens is 312 g/mol. The molecule has 1 amide bonds.